The molecule has 47 heavy (non-hydrogen) atoms. The summed E-state index contributed by atoms with van der Waals surface area (Å²) >= 11 is 1.70. The molecule has 5 aromatic rings. The molecule has 4 aromatic heterocycles. The van der Waals surface area contributed by atoms with E-state index in [1.54, 1.807) is 22.2 Å². The van der Waals surface area contributed by atoms with Gasteiger partial charge in [0.2, 0.25) is 5.95 Å². The lowest BCUT2D eigenvalue weighted by Crippen LogP contribution is -2.50. The lowest BCUT2D eigenvalue weighted by Gasteiger charge is -2.38. The lowest BCUT2D eigenvalue weighted by atomic mass is 10.1. The second-order valence-electron chi connectivity index (χ2n) is 12.8. The molecule has 244 valence electrons. The van der Waals surface area contributed by atoms with Crippen molar-refractivity contribution in [1.29, 1.82) is 0 Å². The van der Waals surface area contributed by atoms with Gasteiger partial charge >= 0.3 is 0 Å². The van der Waals surface area contributed by atoms with E-state index in [2.05, 4.69) is 72.9 Å². The first-order chi connectivity index (χ1) is 23.0. The number of nitrogens with zero attached hydrogens (tertiary/aromatic N) is 8. The number of benzene rings is 1. The number of pyridine rings is 1. The van der Waals surface area contributed by atoms with E-state index in [4.69, 9.17) is 14.7 Å². The monoisotopic (exact) mass is 651 g/mol. The predicted octanol–water partition coefficient (Wildman–Crippen LogP) is 4.68. The number of hydrogen-bond donors (Lipinski definition) is 1. The maximum Gasteiger partial charge on any atom is 0.261 e. The van der Waals surface area contributed by atoms with E-state index in [1.165, 1.54) is 30.0 Å². The number of ether oxygens (including phenoxy) is 1. The van der Waals surface area contributed by atoms with E-state index in [0.29, 0.717) is 48.7 Å². The Hall–Kier alpha value is -4.10. The van der Waals surface area contributed by atoms with E-state index in [0.717, 1.165) is 61.0 Å². The van der Waals surface area contributed by atoms with E-state index in [-0.39, 0.29) is 5.56 Å². The molecule has 0 saturated carbocycles. The van der Waals surface area contributed by atoms with Gasteiger partial charge in [0.05, 0.1) is 24.5 Å². The third-order valence-electron chi connectivity index (χ3n) is 9.87. The Morgan fingerprint density at radius 3 is 2.64 bits per heavy atom. The normalized spacial score (nSPS) is 19.0. The summed E-state index contributed by atoms with van der Waals surface area (Å²) in [5, 5.41) is 5.27. The zero-order chi connectivity index (χ0) is 31.9. The Labute approximate surface area is 278 Å². The molecule has 0 spiro atoms. The number of hydrogen-bond acceptors (Lipinski definition) is 10. The Kier molecular flexibility index (Phi) is 8.26. The van der Waals surface area contributed by atoms with Gasteiger partial charge in [-0.2, -0.15) is 4.98 Å². The number of anilines is 3. The number of aryl methyl sites for hydroxylation is 1. The first kappa shape index (κ1) is 30.2. The van der Waals surface area contributed by atoms with Crippen molar-refractivity contribution in [3.63, 3.8) is 0 Å². The predicted molar refractivity (Wildman–Crippen MR) is 187 cm³/mol. The van der Waals surface area contributed by atoms with Crippen LogP contribution in [0.3, 0.4) is 0 Å². The Morgan fingerprint density at radius 1 is 0.979 bits per heavy atom. The summed E-state index contributed by atoms with van der Waals surface area (Å²) in [5.74, 6) is 0.464. The SMILES string of the molecule is Cc1ccc(-n2cnc(-c3cc4cnc(Nc5ccc(N6CCN7CCCC7C6)cc5)nc4n(CCN4CCOCC4)c3=O)c2C)s1. The molecule has 1 N–H and O–H groups in total. The van der Waals surface area contributed by atoms with Crippen LogP contribution in [0.2, 0.25) is 0 Å². The molecule has 1 aromatic carbocycles. The molecular weight excluding hydrogens is 611 g/mol. The average molecular weight is 652 g/mol. The minimum atomic E-state index is -0.0992. The number of aromatic nitrogens is 5. The van der Waals surface area contributed by atoms with E-state index in [1.807, 2.05) is 19.2 Å². The van der Waals surface area contributed by atoms with Gasteiger partial charge in [-0.1, -0.05) is 0 Å². The second-order valence-corrected chi connectivity index (χ2v) is 14.1. The zero-order valence-corrected chi connectivity index (χ0v) is 27.9. The molecule has 3 fully saturated rings. The molecule has 3 aliphatic rings. The van der Waals surface area contributed by atoms with Crippen LogP contribution < -0.4 is 15.8 Å². The van der Waals surface area contributed by atoms with Crippen LogP contribution in [0.5, 0.6) is 0 Å². The van der Waals surface area contributed by atoms with Crippen LogP contribution in [-0.4, -0.2) is 99.0 Å². The molecule has 1 unspecified atom stereocenters. The van der Waals surface area contributed by atoms with Crippen molar-refractivity contribution in [1.82, 2.24) is 33.9 Å². The molecule has 7 heterocycles. The second kappa shape index (κ2) is 12.8. The third-order valence-corrected chi connectivity index (χ3v) is 10.9. The first-order valence-corrected chi connectivity index (χ1v) is 17.5. The number of rotatable bonds is 8. The van der Waals surface area contributed by atoms with Crippen LogP contribution in [0.1, 0.15) is 23.4 Å². The smallest absolute Gasteiger partial charge is 0.261 e. The molecule has 12 heteroatoms. The Bertz CT molecular complexity index is 1940. The van der Waals surface area contributed by atoms with Crippen LogP contribution >= 0.6 is 11.3 Å². The van der Waals surface area contributed by atoms with Gasteiger partial charge in [-0.05, 0) is 75.7 Å². The fraction of sp³-hybridized carbons (Fsp3) is 0.429. The molecule has 11 nitrogen and oxygen atoms in total. The summed E-state index contributed by atoms with van der Waals surface area (Å²) in [6.45, 7) is 13.0. The lowest BCUT2D eigenvalue weighted by molar-refractivity contribution is 0.0364. The Morgan fingerprint density at radius 2 is 1.83 bits per heavy atom. The molecule has 1 atom stereocenters. The number of morpholine rings is 1. The van der Waals surface area contributed by atoms with Gasteiger partial charge in [-0.15, -0.1) is 11.3 Å². The van der Waals surface area contributed by atoms with Crippen LogP contribution in [-0.2, 0) is 11.3 Å². The van der Waals surface area contributed by atoms with Crippen molar-refractivity contribution in [2.24, 2.45) is 0 Å². The molecule has 3 saturated heterocycles. The first-order valence-electron chi connectivity index (χ1n) is 16.7. The minimum Gasteiger partial charge on any atom is -0.379 e. The van der Waals surface area contributed by atoms with Crippen molar-refractivity contribution >= 4 is 39.7 Å². The van der Waals surface area contributed by atoms with Crippen molar-refractivity contribution < 1.29 is 4.74 Å². The van der Waals surface area contributed by atoms with Gasteiger partial charge in [-0.25, -0.2) is 9.97 Å². The third kappa shape index (κ3) is 6.06. The van der Waals surface area contributed by atoms with Gasteiger partial charge in [0.15, 0.2) is 0 Å². The number of thiophene rings is 1. The largest absolute Gasteiger partial charge is 0.379 e. The minimum absolute atomic E-state index is 0.0992. The highest BCUT2D eigenvalue weighted by atomic mass is 32.1. The summed E-state index contributed by atoms with van der Waals surface area (Å²) in [5.41, 5.74) is 4.84. The van der Waals surface area contributed by atoms with E-state index in [9.17, 15) is 4.79 Å². The van der Waals surface area contributed by atoms with Crippen LogP contribution in [0, 0.1) is 13.8 Å². The van der Waals surface area contributed by atoms with E-state index < -0.39 is 0 Å². The molecule has 0 radical (unpaired) electrons. The summed E-state index contributed by atoms with van der Waals surface area (Å²) < 4.78 is 9.41. The van der Waals surface area contributed by atoms with Crippen molar-refractivity contribution in [3.05, 3.63) is 75.9 Å². The summed E-state index contributed by atoms with van der Waals surface area (Å²) in [6, 6.07) is 15.3. The standard InChI is InChI=1S/C35H41N9O2S/c1-24-5-10-31(47-24)44-23-37-32(25(44)2)30-20-26-21-36-35(39-33(26)43(34(30)45)15-12-40-16-18-46-19-17-40)38-27-6-8-28(9-7-27)42-14-13-41-11-3-4-29(41)22-42/h5-10,20-21,23,29H,3-4,11-19,22H2,1-2H3,(H,36,38,39). The maximum absolute atomic E-state index is 14.3. The van der Waals surface area contributed by atoms with Gasteiger partial charge in [0.1, 0.15) is 17.0 Å². The fourth-order valence-electron chi connectivity index (χ4n) is 7.22. The van der Waals surface area contributed by atoms with Crippen LogP contribution in [0.4, 0.5) is 17.3 Å². The van der Waals surface area contributed by atoms with Gasteiger partial charge < -0.3 is 15.0 Å². The maximum atomic E-state index is 14.3. The molecular formula is C35H41N9O2S. The van der Waals surface area contributed by atoms with Crippen LogP contribution in [0.15, 0.2) is 59.8 Å². The summed E-state index contributed by atoms with van der Waals surface area (Å²) in [6.07, 6.45) is 6.23. The quantitative estimate of drug-likeness (QED) is 0.257. The van der Waals surface area contributed by atoms with Crippen molar-refractivity contribution in [2.45, 2.75) is 39.3 Å². The van der Waals surface area contributed by atoms with Gasteiger partial charge in [0, 0.05) is 85.4 Å². The van der Waals surface area contributed by atoms with Gasteiger partial charge in [0.25, 0.3) is 5.56 Å². The number of fused-ring (bicyclic) bond motifs is 2. The number of piperazine rings is 1. The highest BCUT2D eigenvalue weighted by Gasteiger charge is 2.30. The Balaban J connectivity index is 1.09. The zero-order valence-electron chi connectivity index (χ0n) is 27.1. The summed E-state index contributed by atoms with van der Waals surface area (Å²) in [4.78, 5) is 37.3. The van der Waals surface area contributed by atoms with Gasteiger partial charge in [-0.3, -0.25) is 23.7 Å². The van der Waals surface area contributed by atoms with Crippen LogP contribution in [0.25, 0.3) is 27.3 Å². The topological polar surface area (TPSA) is 96.6 Å². The average Bonchev–Trinajstić information content (AvgIpc) is 3.84. The molecule has 0 aliphatic carbocycles. The highest BCUT2D eigenvalue weighted by molar-refractivity contribution is 7.14. The number of nitrogens with one attached hydrogen (secondary N) is 1. The highest BCUT2D eigenvalue weighted by Crippen LogP contribution is 2.29. The molecule has 0 amide bonds. The molecule has 0 bridgehead atoms. The fourth-order valence-corrected chi connectivity index (χ4v) is 8.10. The van der Waals surface area contributed by atoms with Crippen molar-refractivity contribution in [3.8, 4) is 16.3 Å². The summed E-state index contributed by atoms with van der Waals surface area (Å²) in [7, 11) is 0. The number of imidazole rings is 1. The molecule has 3 aliphatic heterocycles. The molecule has 8 rings (SSSR count). The van der Waals surface area contributed by atoms with Crippen molar-refractivity contribution in [2.75, 3.05) is 69.2 Å². The van der Waals surface area contributed by atoms with E-state index >= 15 is 0 Å².